The van der Waals surface area contributed by atoms with Gasteiger partial charge < -0.3 is 10.2 Å². The number of phenolic OH excluding ortho intramolecular Hbond substituents is 2. The predicted octanol–water partition coefficient (Wildman–Crippen LogP) is 4.19. The van der Waals surface area contributed by atoms with Crippen molar-refractivity contribution >= 4 is 21.8 Å². The maximum absolute atomic E-state index is 9.43. The quantitative estimate of drug-likeness (QED) is 0.511. The van der Waals surface area contributed by atoms with Gasteiger partial charge in [0.1, 0.15) is 22.5 Å². The zero-order valence-electron chi connectivity index (χ0n) is 12.6. The van der Waals surface area contributed by atoms with Crippen LogP contribution in [-0.2, 0) is 0 Å². The standard InChI is InChI=1S/C10H9NO.C9H7NO/c1-7-5-6-8-3-2-4-9(12)10(8)11-7;11-8-5-1-3-7-4-2-6-10-9(7)8/h2-6,12H,1H3;1-6,11H. The topological polar surface area (TPSA) is 66.2 Å². The monoisotopic (exact) mass is 304 g/mol. The van der Waals surface area contributed by atoms with Gasteiger partial charge in [-0.05, 0) is 31.2 Å². The number of hydrogen-bond donors (Lipinski definition) is 2. The second-order valence-electron chi connectivity index (χ2n) is 5.15. The molecule has 2 heterocycles. The SMILES string of the molecule is Cc1ccc2cccc(O)c2n1.Oc1cccc2cccnc12. The minimum absolute atomic E-state index is 0.239. The minimum Gasteiger partial charge on any atom is -0.506 e. The number of aromatic nitrogens is 2. The third-order valence-electron chi connectivity index (χ3n) is 3.45. The average Bonchev–Trinajstić information content (AvgIpc) is 2.57. The maximum atomic E-state index is 9.43. The van der Waals surface area contributed by atoms with Crippen LogP contribution in [-0.4, -0.2) is 20.2 Å². The molecule has 0 bridgehead atoms. The van der Waals surface area contributed by atoms with Gasteiger partial charge in [-0.1, -0.05) is 36.4 Å². The van der Waals surface area contributed by atoms with Crippen LogP contribution < -0.4 is 0 Å². The van der Waals surface area contributed by atoms with Gasteiger partial charge in [0.15, 0.2) is 0 Å². The second kappa shape index (κ2) is 6.32. The molecule has 4 rings (SSSR count). The number of fused-ring (bicyclic) bond motifs is 2. The summed E-state index contributed by atoms with van der Waals surface area (Å²) in [6.07, 6.45) is 1.67. The molecule has 4 heteroatoms. The van der Waals surface area contributed by atoms with Gasteiger partial charge in [0.05, 0.1) is 0 Å². The van der Waals surface area contributed by atoms with Crippen LogP contribution in [0.4, 0.5) is 0 Å². The van der Waals surface area contributed by atoms with E-state index in [4.69, 9.17) is 0 Å². The van der Waals surface area contributed by atoms with Crippen molar-refractivity contribution < 1.29 is 10.2 Å². The van der Waals surface area contributed by atoms with Gasteiger partial charge in [-0.25, -0.2) is 4.98 Å². The zero-order chi connectivity index (χ0) is 16.2. The summed E-state index contributed by atoms with van der Waals surface area (Å²) in [6.45, 7) is 1.91. The molecule has 2 aromatic carbocycles. The van der Waals surface area contributed by atoms with E-state index in [0.717, 1.165) is 16.5 Å². The molecule has 0 radical (unpaired) electrons. The Kier molecular flexibility index (Phi) is 4.06. The fourth-order valence-corrected chi connectivity index (χ4v) is 2.32. The van der Waals surface area contributed by atoms with Crippen molar-refractivity contribution in [3.05, 3.63) is 72.6 Å². The first kappa shape index (κ1) is 14.8. The molecule has 0 saturated heterocycles. The highest BCUT2D eigenvalue weighted by atomic mass is 16.3. The van der Waals surface area contributed by atoms with Gasteiger partial charge >= 0.3 is 0 Å². The van der Waals surface area contributed by atoms with Crippen LogP contribution in [0, 0.1) is 6.92 Å². The number of nitrogens with zero attached hydrogens (tertiary/aromatic N) is 2. The summed E-state index contributed by atoms with van der Waals surface area (Å²) in [4.78, 5) is 8.26. The molecular formula is C19H16N2O2. The van der Waals surface area contributed by atoms with Gasteiger partial charge in [0.2, 0.25) is 0 Å². The minimum atomic E-state index is 0.239. The molecule has 0 amide bonds. The van der Waals surface area contributed by atoms with Crippen molar-refractivity contribution in [3.63, 3.8) is 0 Å². The Bertz CT molecular complexity index is 962. The smallest absolute Gasteiger partial charge is 0.141 e. The van der Waals surface area contributed by atoms with E-state index in [2.05, 4.69) is 9.97 Å². The zero-order valence-corrected chi connectivity index (χ0v) is 12.6. The molecule has 0 fully saturated rings. The summed E-state index contributed by atoms with van der Waals surface area (Å²) in [5.74, 6) is 0.485. The number of rotatable bonds is 0. The van der Waals surface area contributed by atoms with Crippen molar-refractivity contribution in [2.75, 3.05) is 0 Å². The van der Waals surface area contributed by atoms with Crippen molar-refractivity contribution in [3.8, 4) is 11.5 Å². The number of aryl methyl sites for hydroxylation is 1. The lowest BCUT2D eigenvalue weighted by Crippen LogP contribution is -1.82. The van der Waals surface area contributed by atoms with Crippen LogP contribution in [0.1, 0.15) is 5.69 Å². The molecule has 0 aliphatic carbocycles. The largest absolute Gasteiger partial charge is 0.506 e. The summed E-state index contributed by atoms with van der Waals surface area (Å²) in [6, 6.07) is 18.4. The molecule has 0 atom stereocenters. The highest BCUT2D eigenvalue weighted by Crippen LogP contribution is 2.22. The Labute approximate surface area is 133 Å². The summed E-state index contributed by atoms with van der Waals surface area (Å²) >= 11 is 0. The number of pyridine rings is 2. The number of para-hydroxylation sites is 2. The first-order chi connectivity index (χ1) is 11.1. The molecule has 23 heavy (non-hydrogen) atoms. The van der Waals surface area contributed by atoms with E-state index >= 15 is 0 Å². The lowest BCUT2D eigenvalue weighted by atomic mass is 10.2. The number of phenols is 2. The summed E-state index contributed by atoms with van der Waals surface area (Å²) in [5.41, 5.74) is 2.26. The van der Waals surface area contributed by atoms with E-state index < -0.39 is 0 Å². The van der Waals surface area contributed by atoms with E-state index in [9.17, 15) is 10.2 Å². The fourth-order valence-electron chi connectivity index (χ4n) is 2.32. The van der Waals surface area contributed by atoms with Crippen molar-refractivity contribution in [1.82, 2.24) is 9.97 Å². The normalized spacial score (nSPS) is 10.3. The Hall–Kier alpha value is -3.14. The lowest BCUT2D eigenvalue weighted by molar-refractivity contribution is 0.480. The van der Waals surface area contributed by atoms with Crippen LogP contribution >= 0.6 is 0 Å². The molecule has 0 aliphatic heterocycles. The maximum Gasteiger partial charge on any atom is 0.141 e. The van der Waals surface area contributed by atoms with Crippen LogP contribution in [0.2, 0.25) is 0 Å². The summed E-state index contributed by atoms with van der Waals surface area (Å²) in [7, 11) is 0. The molecule has 4 nitrogen and oxygen atoms in total. The fraction of sp³-hybridized carbons (Fsp3) is 0.0526. The Balaban J connectivity index is 0.000000136. The Morgan fingerprint density at radius 2 is 1.30 bits per heavy atom. The van der Waals surface area contributed by atoms with Crippen LogP contribution in [0.15, 0.2) is 66.9 Å². The molecule has 2 N–H and O–H groups in total. The summed E-state index contributed by atoms with van der Waals surface area (Å²) < 4.78 is 0. The van der Waals surface area contributed by atoms with Crippen molar-refractivity contribution in [2.45, 2.75) is 6.92 Å². The molecule has 0 unspecified atom stereocenters. The summed E-state index contributed by atoms with van der Waals surface area (Å²) in [5, 5.41) is 20.7. The predicted molar refractivity (Wildman–Crippen MR) is 91.6 cm³/mol. The highest BCUT2D eigenvalue weighted by molar-refractivity contribution is 5.84. The molecular weight excluding hydrogens is 288 g/mol. The van der Waals surface area contributed by atoms with E-state index in [1.165, 1.54) is 0 Å². The van der Waals surface area contributed by atoms with E-state index in [1.54, 1.807) is 24.4 Å². The van der Waals surface area contributed by atoms with E-state index in [0.29, 0.717) is 11.0 Å². The lowest BCUT2D eigenvalue weighted by Gasteiger charge is -1.99. The van der Waals surface area contributed by atoms with Gasteiger partial charge in [-0.2, -0.15) is 0 Å². The number of aromatic hydroxyl groups is 2. The molecule has 0 aliphatic rings. The van der Waals surface area contributed by atoms with Crippen LogP contribution in [0.5, 0.6) is 11.5 Å². The first-order valence-electron chi connectivity index (χ1n) is 7.23. The van der Waals surface area contributed by atoms with Crippen LogP contribution in [0.25, 0.3) is 21.8 Å². The van der Waals surface area contributed by atoms with Gasteiger partial charge in [0.25, 0.3) is 0 Å². The van der Waals surface area contributed by atoms with E-state index in [1.807, 2.05) is 49.4 Å². The number of benzene rings is 2. The molecule has 114 valence electrons. The third-order valence-corrected chi connectivity index (χ3v) is 3.45. The average molecular weight is 304 g/mol. The van der Waals surface area contributed by atoms with Crippen LogP contribution in [0.3, 0.4) is 0 Å². The third kappa shape index (κ3) is 3.21. The molecule has 0 saturated carbocycles. The second-order valence-corrected chi connectivity index (χ2v) is 5.15. The van der Waals surface area contributed by atoms with Gasteiger partial charge in [-0.15, -0.1) is 0 Å². The Morgan fingerprint density at radius 1 is 0.696 bits per heavy atom. The number of hydrogen-bond acceptors (Lipinski definition) is 4. The first-order valence-corrected chi connectivity index (χ1v) is 7.23. The van der Waals surface area contributed by atoms with E-state index in [-0.39, 0.29) is 11.5 Å². The molecule has 4 aromatic rings. The van der Waals surface area contributed by atoms with Gasteiger partial charge in [0, 0.05) is 22.7 Å². The highest BCUT2D eigenvalue weighted by Gasteiger charge is 1.99. The molecule has 0 spiro atoms. The van der Waals surface area contributed by atoms with Gasteiger partial charge in [-0.3, -0.25) is 4.98 Å². The van der Waals surface area contributed by atoms with Crippen molar-refractivity contribution in [1.29, 1.82) is 0 Å². The van der Waals surface area contributed by atoms with Crippen molar-refractivity contribution in [2.24, 2.45) is 0 Å². The Morgan fingerprint density at radius 3 is 2.00 bits per heavy atom. The molecule has 2 aromatic heterocycles.